The van der Waals surface area contributed by atoms with Crippen molar-refractivity contribution in [3.63, 3.8) is 0 Å². The van der Waals surface area contributed by atoms with Gasteiger partial charge < -0.3 is 14.8 Å². The molecule has 0 aromatic heterocycles. The number of nitrogens with one attached hydrogen (secondary N) is 1. The number of methoxy groups -OCH3 is 1. The number of rotatable bonds is 8. The minimum absolute atomic E-state index is 0.151. The lowest BCUT2D eigenvalue weighted by Gasteiger charge is -2.14. The van der Waals surface area contributed by atoms with Crippen LogP contribution in [0.2, 0.25) is 0 Å². The molecule has 0 spiro atoms. The van der Waals surface area contributed by atoms with Crippen LogP contribution < -0.4 is 5.32 Å². The highest BCUT2D eigenvalue weighted by atomic mass is 19.3. The van der Waals surface area contributed by atoms with Gasteiger partial charge in [-0.05, 0) is 6.42 Å². The molecule has 0 bridgehead atoms. The number of ether oxygens (including phenoxy) is 2. The summed E-state index contributed by atoms with van der Waals surface area (Å²) in [7, 11) is 1.31. The maximum atomic E-state index is 11.7. The molecule has 0 aliphatic rings. The fraction of sp³-hybridized carbons (Fsp3) is 0.889. The quantitative estimate of drug-likeness (QED) is 0.490. The van der Waals surface area contributed by atoms with E-state index in [2.05, 4.69) is 14.8 Å². The van der Waals surface area contributed by atoms with E-state index in [1.807, 2.05) is 6.92 Å². The molecule has 6 heteroatoms. The van der Waals surface area contributed by atoms with Gasteiger partial charge in [-0.1, -0.05) is 6.92 Å². The summed E-state index contributed by atoms with van der Waals surface area (Å²) in [6, 6.07) is -0.398. The first-order chi connectivity index (χ1) is 7.11. The van der Waals surface area contributed by atoms with Crippen molar-refractivity contribution in [2.75, 3.05) is 26.9 Å². The number of carbonyl (C=O) groups is 1. The SMILES string of the molecule is CCC(NCCOCC(F)F)C(=O)OC. The Balaban J connectivity index is 3.51. The van der Waals surface area contributed by atoms with Crippen molar-refractivity contribution in [2.24, 2.45) is 0 Å². The highest BCUT2D eigenvalue weighted by Crippen LogP contribution is 1.94. The number of alkyl halides is 2. The summed E-state index contributed by atoms with van der Waals surface area (Å²) in [5, 5.41) is 2.85. The Kier molecular flexibility index (Phi) is 8.12. The topological polar surface area (TPSA) is 47.6 Å². The second kappa shape index (κ2) is 8.55. The summed E-state index contributed by atoms with van der Waals surface area (Å²) in [5.41, 5.74) is 0. The van der Waals surface area contributed by atoms with Crippen molar-refractivity contribution in [1.82, 2.24) is 5.32 Å². The fourth-order valence-corrected chi connectivity index (χ4v) is 1.01. The molecule has 0 saturated carbocycles. The molecule has 1 unspecified atom stereocenters. The van der Waals surface area contributed by atoms with Crippen LogP contribution in [0.3, 0.4) is 0 Å². The van der Waals surface area contributed by atoms with Gasteiger partial charge in [0.15, 0.2) is 0 Å². The number of hydrogen-bond acceptors (Lipinski definition) is 4. The molecule has 0 aliphatic carbocycles. The van der Waals surface area contributed by atoms with Crippen LogP contribution in [0.1, 0.15) is 13.3 Å². The average molecular weight is 225 g/mol. The minimum atomic E-state index is -2.45. The third kappa shape index (κ3) is 7.21. The van der Waals surface area contributed by atoms with E-state index in [9.17, 15) is 13.6 Å². The zero-order valence-corrected chi connectivity index (χ0v) is 8.96. The van der Waals surface area contributed by atoms with Gasteiger partial charge in [0, 0.05) is 6.54 Å². The number of esters is 1. The van der Waals surface area contributed by atoms with Gasteiger partial charge in [-0.3, -0.25) is 4.79 Å². The number of carbonyl (C=O) groups excluding carboxylic acids is 1. The monoisotopic (exact) mass is 225 g/mol. The highest BCUT2D eigenvalue weighted by Gasteiger charge is 2.15. The van der Waals surface area contributed by atoms with Crippen LogP contribution in [0.25, 0.3) is 0 Å². The molecular formula is C9H17F2NO3. The molecule has 0 heterocycles. The van der Waals surface area contributed by atoms with Crippen LogP contribution in [-0.2, 0) is 14.3 Å². The van der Waals surface area contributed by atoms with Crippen LogP contribution in [0.4, 0.5) is 8.78 Å². The maximum absolute atomic E-state index is 11.7. The second-order valence-corrected chi connectivity index (χ2v) is 2.90. The Labute approximate surface area is 87.9 Å². The molecule has 0 saturated heterocycles. The van der Waals surface area contributed by atoms with E-state index in [0.717, 1.165) is 0 Å². The summed E-state index contributed by atoms with van der Waals surface area (Å²) < 4.78 is 32.5. The van der Waals surface area contributed by atoms with E-state index < -0.39 is 19.1 Å². The summed E-state index contributed by atoms with van der Waals surface area (Å²) in [6.45, 7) is 1.75. The molecule has 0 aliphatic heterocycles. The Morgan fingerprint density at radius 2 is 2.13 bits per heavy atom. The molecular weight excluding hydrogens is 208 g/mol. The average Bonchev–Trinajstić information content (AvgIpc) is 2.22. The summed E-state index contributed by atoms with van der Waals surface area (Å²) in [6.07, 6.45) is -1.87. The Bertz CT molecular complexity index is 179. The van der Waals surface area contributed by atoms with Gasteiger partial charge in [0.1, 0.15) is 12.6 Å². The molecule has 1 N–H and O–H groups in total. The molecule has 0 amide bonds. The Hall–Kier alpha value is -0.750. The normalized spacial score (nSPS) is 12.9. The molecule has 15 heavy (non-hydrogen) atoms. The first-order valence-corrected chi connectivity index (χ1v) is 4.78. The Morgan fingerprint density at radius 3 is 2.60 bits per heavy atom. The van der Waals surface area contributed by atoms with E-state index in [4.69, 9.17) is 0 Å². The fourth-order valence-electron chi connectivity index (χ4n) is 1.01. The van der Waals surface area contributed by atoms with Crippen molar-refractivity contribution < 1.29 is 23.0 Å². The van der Waals surface area contributed by atoms with Crippen molar-refractivity contribution >= 4 is 5.97 Å². The lowest BCUT2D eigenvalue weighted by atomic mass is 10.2. The molecule has 0 aromatic rings. The molecule has 0 radical (unpaired) electrons. The van der Waals surface area contributed by atoms with Crippen LogP contribution in [0.5, 0.6) is 0 Å². The van der Waals surface area contributed by atoms with E-state index in [1.165, 1.54) is 7.11 Å². The van der Waals surface area contributed by atoms with E-state index in [1.54, 1.807) is 0 Å². The lowest BCUT2D eigenvalue weighted by Crippen LogP contribution is -2.39. The standard InChI is InChI=1S/C9H17F2NO3/c1-3-7(9(13)14-2)12-4-5-15-6-8(10)11/h7-8,12H,3-6H2,1-2H3. The van der Waals surface area contributed by atoms with E-state index >= 15 is 0 Å². The van der Waals surface area contributed by atoms with Gasteiger partial charge in [-0.15, -0.1) is 0 Å². The van der Waals surface area contributed by atoms with Gasteiger partial charge in [0.25, 0.3) is 6.43 Å². The first kappa shape index (κ1) is 14.2. The molecule has 90 valence electrons. The summed E-state index contributed by atoms with van der Waals surface area (Å²) >= 11 is 0. The number of hydrogen-bond donors (Lipinski definition) is 1. The molecule has 0 aromatic carbocycles. The van der Waals surface area contributed by atoms with Gasteiger partial charge in [0.05, 0.1) is 13.7 Å². The largest absolute Gasteiger partial charge is 0.468 e. The minimum Gasteiger partial charge on any atom is -0.468 e. The molecule has 4 nitrogen and oxygen atoms in total. The van der Waals surface area contributed by atoms with Crippen molar-refractivity contribution in [3.8, 4) is 0 Å². The van der Waals surface area contributed by atoms with Crippen molar-refractivity contribution in [3.05, 3.63) is 0 Å². The second-order valence-electron chi connectivity index (χ2n) is 2.90. The predicted octanol–water partition coefficient (Wildman–Crippen LogP) is 0.809. The van der Waals surface area contributed by atoms with E-state index in [-0.39, 0.29) is 12.6 Å². The van der Waals surface area contributed by atoms with Gasteiger partial charge in [-0.2, -0.15) is 0 Å². The van der Waals surface area contributed by atoms with Crippen molar-refractivity contribution in [2.45, 2.75) is 25.8 Å². The smallest absolute Gasteiger partial charge is 0.322 e. The predicted molar refractivity (Wildman–Crippen MR) is 50.9 cm³/mol. The van der Waals surface area contributed by atoms with Gasteiger partial charge in [-0.25, -0.2) is 8.78 Å². The molecule has 1 atom stereocenters. The molecule has 0 rings (SSSR count). The zero-order chi connectivity index (χ0) is 11.7. The van der Waals surface area contributed by atoms with E-state index in [0.29, 0.717) is 13.0 Å². The molecule has 0 fully saturated rings. The summed E-state index contributed by atoms with van der Waals surface area (Å²) in [4.78, 5) is 11.1. The first-order valence-electron chi connectivity index (χ1n) is 4.78. The maximum Gasteiger partial charge on any atom is 0.322 e. The highest BCUT2D eigenvalue weighted by molar-refractivity contribution is 5.75. The van der Waals surface area contributed by atoms with Gasteiger partial charge in [0.2, 0.25) is 0 Å². The third-order valence-electron chi connectivity index (χ3n) is 1.77. The van der Waals surface area contributed by atoms with Crippen LogP contribution in [-0.4, -0.2) is 45.3 Å². The van der Waals surface area contributed by atoms with Crippen LogP contribution in [0, 0.1) is 0 Å². The lowest BCUT2D eigenvalue weighted by molar-refractivity contribution is -0.143. The summed E-state index contributed by atoms with van der Waals surface area (Å²) in [5.74, 6) is -0.355. The third-order valence-corrected chi connectivity index (χ3v) is 1.77. The van der Waals surface area contributed by atoms with Crippen molar-refractivity contribution in [1.29, 1.82) is 0 Å². The van der Waals surface area contributed by atoms with Crippen LogP contribution in [0.15, 0.2) is 0 Å². The Morgan fingerprint density at radius 1 is 1.47 bits per heavy atom. The zero-order valence-electron chi connectivity index (χ0n) is 8.96. The van der Waals surface area contributed by atoms with Crippen LogP contribution >= 0.6 is 0 Å². The number of halogens is 2. The van der Waals surface area contributed by atoms with Gasteiger partial charge >= 0.3 is 5.97 Å².